The van der Waals surface area contributed by atoms with Crippen LogP contribution < -0.4 is 5.32 Å². The molecule has 0 bridgehead atoms. The van der Waals surface area contributed by atoms with Crippen LogP contribution >= 0.6 is 0 Å². The van der Waals surface area contributed by atoms with Gasteiger partial charge in [0.1, 0.15) is 5.70 Å². The van der Waals surface area contributed by atoms with Gasteiger partial charge in [0.25, 0.3) is 0 Å². The molecule has 1 nitrogen and oxygen atoms in total. The summed E-state index contributed by atoms with van der Waals surface area (Å²) in [6.45, 7) is 3.38. The summed E-state index contributed by atoms with van der Waals surface area (Å²) in [5, 5.41) is 2.43. The van der Waals surface area contributed by atoms with E-state index < -0.39 is 11.9 Å². The summed E-state index contributed by atoms with van der Waals surface area (Å²) in [6, 6.07) is 17.2. The first kappa shape index (κ1) is 19.5. The van der Waals surface area contributed by atoms with E-state index in [0.29, 0.717) is 18.9 Å². The van der Waals surface area contributed by atoms with Gasteiger partial charge >= 0.3 is 6.18 Å². The van der Waals surface area contributed by atoms with E-state index in [2.05, 4.69) is 54.4 Å². The zero-order valence-corrected chi connectivity index (χ0v) is 15.5. The molecule has 3 rings (SSSR count). The van der Waals surface area contributed by atoms with Crippen molar-refractivity contribution >= 4 is 0 Å². The Morgan fingerprint density at radius 3 is 2.52 bits per heavy atom. The Morgan fingerprint density at radius 2 is 1.78 bits per heavy atom. The number of halogens is 3. The van der Waals surface area contributed by atoms with Crippen molar-refractivity contribution < 1.29 is 13.2 Å². The largest absolute Gasteiger partial charge is 0.430 e. The number of aryl methyl sites for hydroxylation is 3. The average molecular weight is 373 g/mol. The number of fused-ring (bicyclic) bond motifs is 1. The maximum absolute atomic E-state index is 12.5. The molecule has 2 aromatic carbocycles. The molecular weight excluding hydrogens is 347 g/mol. The van der Waals surface area contributed by atoms with Gasteiger partial charge in [0.15, 0.2) is 0 Å². The van der Waals surface area contributed by atoms with Crippen LogP contribution in [0.5, 0.6) is 0 Å². The van der Waals surface area contributed by atoms with Crippen LogP contribution in [0.2, 0.25) is 0 Å². The smallest absolute Gasteiger partial charge is 0.382 e. The van der Waals surface area contributed by atoms with E-state index in [1.165, 1.54) is 22.3 Å². The van der Waals surface area contributed by atoms with Gasteiger partial charge in [0.05, 0.1) is 0 Å². The molecule has 0 radical (unpaired) electrons. The third-order valence-corrected chi connectivity index (χ3v) is 5.36. The molecule has 0 aliphatic heterocycles. The molecule has 1 aliphatic carbocycles. The third-order valence-electron chi connectivity index (χ3n) is 5.36. The predicted molar refractivity (Wildman–Crippen MR) is 104 cm³/mol. The van der Waals surface area contributed by atoms with Crippen LogP contribution in [-0.2, 0) is 19.3 Å². The Morgan fingerprint density at radius 1 is 1.04 bits per heavy atom. The van der Waals surface area contributed by atoms with Crippen molar-refractivity contribution in [1.82, 2.24) is 5.32 Å². The lowest BCUT2D eigenvalue weighted by atomic mass is 9.94. The average Bonchev–Trinajstić information content (AvgIpc) is 3.04. The minimum absolute atomic E-state index is 0.306. The quantitative estimate of drug-likeness (QED) is 0.603. The number of rotatable bonds is 8. The summed E-state index contributed by atoms with van der Waals surface area (Å²) in [7, 11) is 0. The number of hydrogen-bond acceptors (Lipinski definition) is 1. The first-order chi connectivity index (χ1) is 12.9. The molecule has 2 aromatic rings. The van der Waals surface area contributed by atoms with Crippen molar-refractivity contribution in [2.75, 3.05) is 6.54 Å². The summed E-state index contributed by atoms with van der Waals surface area (Å²) in [5.74, 6) is 0.336. The normalized spacial score (nSPS) is 16.2. The topological polar surface area (TPSA) is 12.0 Å². The highest BCUT2D eigenvalue weighted by molar-refractivity contribution is 5.38. The summed E-state index contributed by atoms with van der Waals surface area (Å²) >= 11 is 0. The molecule has 0 heterocycles. The number of nitrogens with one attached hydrogen (secondary N) is 1. The van der Waals surface area contributed by atoms with Crippen LogP contribution in [0.1, 0.15) is 47.4 Å². The van der Waals surface area contributed by atoms with Gasteiger partial charge in [-0.25, -0.2) is 0 Å². The van der Waals surface area contributed by atoms with Crippen molar-refractivity contribution in [3.63, 3.8) is 0 Å². The van der Waals surface area contributed by atoms with E-state index in [1.807, 2.05) is 6.07 Å². The lowest BCUT2D eigenvalue weighted by Gasteiger charge is -2.16. The van der Waals surface area contributed by atoms with Gasteiger partial charge in [-0.1, -0.05) is 55.1 Å². The second kappa shape index (κ2) is 8.64. The first-order valence-electron chi connectivity index (χ1n) is 9.59. The highest BCUT2D eigenvalue weighted by Crippen LogP contribution is 2.36. The van der Waals surface area contributed by atoms with E-state index in [0.717, 1.165) is 32.1 Å². The number of hydrogen-bond donors (Lipinski definition) is 1. The Balaban J connectivity index is 1.52. The Kier molecular flexibility index (Phi) is 6.25. The van der Waals surface area contributed by atoms with Crippen molar-refractivity contribution in [2.45, 2.75) is 50.6 Å². The standard InChI is InChI=1S/C23H26F3N/c1-17(23(24,25)26)27-15-14-21-13-12-20-11-10-19(16-22(20)21)9-5-8-18-6-3-2-4-7-18/h2-4,6-7,10-11,16,21,27H,1,5,8-9,12-15H2. The van der Waals surface area contributed by atoms with Crippen molar-refractivity contribution in [3.8, 4) is 0 Å². The molecule has 1 unspecified atom stereocenters. The van der Waals surface area contributed by atoms with Gasteiger partial charge in [-0.05, 0) is 66.7 Å². The van der Waals surface area contributed by atoms with Crippen molar-refractivity contribution in [1.29, 1.82) is 0 Å². The molecule has 4 heteroatoms. The molecule has 0 fully saturated rings. The number of allylic oxidation sites excluding steroid dienone is 1. The zero-order valence-electron chi connectivity index (χ0n) is 15.5. The van der Waals surface area contributed by atoms with E-state index >= 15 is 0 Å². The van der Waals surface area contributed by atoms with Gasteiger partial charge < -0.3 is 5.32 Å². The number of alkyl halides is 3. The minimum atomic E-state index is -4.36. The molecule has 0 spiro atoms. The maximum atomic E-state index is 12.5. The van der Waals surface area contributed by atoms with E-state index in [1.54, 1.807) is 0 Å². The molecule has 1 aliphatic rings. The molecular formula is C23H26F3N. The third kappa shape index (κ3) is 5.38. The van der Waals surface area contributed by atoms with Crippen LogP contribution in [-0.4, -0.2) is 12.7 Å². The fourth-order valence-corrected chi connectivity index (χ4v) is 3.83. The molecule has 0 saturated heterocycles. The highest BCUT2D eigenvalue weighted by atomic mass is 19.4. The molecule has 0 saturated carbocycles. The van der Waals surface area contributed by atoms with Crippen LogP contribution in [0.15, 0.2) is 60.8 Å². The Labute approximate surface area is 159 Å². The lowest BCUT2D eigenvalue weighted by Crippen LogP contribution is -2.26. The van der Waals surface area contributed by atoms with Crippen LogP contribution in [0.25, 0.3) is 0 Å². The van der Waals surface area contributed by atoms with Crippen molar-refractivity contribution in [3.05, 3.63) is 83.1 Å². The van der Waals surface area contributed by atoms with Gasteiger partial charge in [-0.3, -0.25) is 0 Å². The zero-order chi connectivity index (χ0) is 19.3. The lowest BCUT2D eigenvalue weighted by molar-refractivity contribution is -0.0963. The number of benzene rings is 2. The molecule has 0 amide bonds. The molecule has 27 heavy (non-hydrogen) atoms. The fourth-order valence-electron chi connectivity index (χ4n) is 3.83. The monoisotopic (exact) mass is 373 g/mol. The van der Waals surface area contributed by atoms with Crippen molar-refractivity contribution in [2.24, 2.45) is 0 Å². The predicted octanol–water partition coefficient (Wildman–Crippen LogP) is 5.95. The molecule has 1 atom stereocenters. The summed E-state index contributed by atoms with van der Waals surface area (Å²) in [5.41, 5.74) is 4.50. The van der Waals surface area contributed by atoms with Gasteiger partial charge in [0.2, 0.25) is 0 Å². The summed E-state index contributed by atoms with van der Waals surface area (Å²) in [6.07, 6.45) is 1.56. The summed E-state index contributed by atoms with van der Waals surface area (Å²) < 4.78 is 37.6. The maximum Gasteiger partial charge on any atom is 0.430 e. The highest BCUT2D eigenvalue weighted by Gasteiger charge is 2.32. The van der Waals surface area contributed by atoms with Crippen LogP contribution in [0, 0.1) is 0 Å². The van der Waals surface area contributed by atoms with Crippen LogP contribution in [0.3, 0.4) is 0 Å². The minimum Gasteiger partial charge on any atom is -0.382 e. The van der Waals surface area contributed by atoms with Gasteiger partial charge in [-0.15, -0.1) is 0 Å². The van der Waals surface area contributed by atoms with Gasteiger partial charge in [0, 0.05) is 6.54 Å². The molecule has 144 valence electrons. The summed E-state index contributed by atoms with van der Waals surface area (Å²) in [4.78, 5) is 0. The second-order valence-corrected chi connectivity index (χ2v) is 7.30. The first-order valence-corrected chi connectivity index (χ1v) is 9.59. The molecule has 1 N–H and O–H groups in total. The SMILES string of the molecule is C=C(NCCC1CCc2ccc(CCCc3ccccc3)cc21)C(F)(F)F. The van der Waals surface area contributed by atoms with E-state index in [4.69, 9.17) is 0 Å². The van der Waals surface area contributed by atoms with Gasteiger partial charge in [-0.2, -0.15) is 13.2 Å². The van der Waals surface area contributed by atoms with Crippen LogP contribution in [0.4, 0.5) is 13.2 Å². The van der Waals surface area contributed by atoms with E-state index in [-0.39, 0.29) is 0 Å². The molecule has 0 aromatic heterocycles. The van der Waals surface area contributed by atoms with E-state index in [9.17, 15) is 13.2 Å². The fraction of sp³-hybridized carbons (Fsp3) is 0.391. The Hall–Kier alpha value is -2.23. The Bertz CT molecular complexity index is 765. The second-order valence-electron chi connectivity index (χ2n) is 7.30.